The standard InChI is InChI=1S/C21H26N4O/c1-24(16-19-15-22-9-10-23-19)20(26)21(25-11-5-2-6-12-25)13-17-7-3-4-8-18(17)14-21/h3-4,7-10,15H,2,5-6,11-14,16H2,1H3. The van der Waals surface area contributed by atoms with E-state index in [0.29, 0.717) is 6.54 Å². The van der Waals surface area contributed by atoms with Gasteiger partial charge in [-0.05, 0) is 37.1 Å². The summed E-state index contributed by atoms with van der Waals surface area (Å²) in [5, 5.41) is 0. The molecular formula is C21H26N4O. The van der Waals surface area contributed by atoms with Crippen LogP contribution in [0.5, 0.6) is 0 Å². The van der Waals surface area contributed by atoms with Crippen LogP contribution in [0.25, 0.3) is 0 Å². The van der Waals surface area contributed by atoms with Gasteiger partial charge >= 0.3 is 0 Å². The number of benzene rings is 1. The van der Waals surface area contributed by atoms with E-state index in [2.05, 4.69) is 39.1 Å². The number of aromatic nitrogens is 2. The summed E-state index contributed by atoms with van der Waals surface area (Å²) in [6.45, 7) is 2.52. The average molecular weight is 350 g/mol. The highest BCUT2D eigenvalue weighted by Crippen LogP contribution is 2.37. The molecule has 5 heteroatoms. The molecule has 0 bridgehead atoms. The Bertz CT molecular complexity index is 746. The first kappa shape index (κ1) is 17.2. The maximum absolute atomic E-state index is 13.7. The first-order valence-corrected chi connectivity index (χ1v) is 9.51. The summed E-state index contributed by atoms with van der Waals surface area (Å²) in [5.41, 5.74) is 3.02. The number of hydrogen-bond acceptors (Lipinski definition) is 4. The monoisotopic (exact) mass is 350 g/mol. The molecule has 1 amide bonds. The summed E-state index contributed by atoms with van der Waals surface area (Å²) >= 11 is 0. The highest BCUT2D eigenvalue weighted by Gasteiger charge is 2.49. The van der Waals surface area contributed by atoms with Crippen molar-refractivity contribution in [1.29, 1.82) is 0 Å². The molecule has 1 saturated heterocycles. The largest absolute Gasteiger partial charge is 0.338 e. The van der Waals surface area contributed by atoms with Gasteiger partial charge in [0.05, 0.1) is 18.4 Å². The zero-order valence-electron chi connectivity index (χ0n) is 15.4. The predicted octanol–water partition coefficient (Wildman–Crippen LogP) is 2.46. The molecule has 1 aromatic carbocycles. The van der Waals surface area contributed by atoms with E-state index in [4.69, 9.17) is 0 Å². The van der Waals surface area contributed by atoms with Crippen LogP contribution in [0.4, 0.5) is 0 Å². The van der Waals surface area contributed by atoms with Gasteiger partial charge in [-0.3, -0.25) is 19.7 Å². The van der Waals surface area contributed by atoms with Crippen molar-refractivity contribution in [2.45, 2.75) is 44.2 Å². The topological polar surface area (TPSA) is 49.3 Å². The second-order valence-electron chi connectivity index (χ2n) is 7.56. The lowest BCUT2D eigenvalue weighted by molar-refractivity contribution is -0.144. The van der Waals surface area contributed by atoms with Gasteiger partial charge in [-0.1, -0.05) is 30.7 Å². The number of carbonyl (C=O) groups is 1. The van der Waals surface area contributed by atoms with Gasteiger partial charge in [0.1, 0.15) is 5.54 Å². The number of amides is 1. The van der Waals surface area contributed by atoms with E-state index in [9.17, 15) is 4.79 Å². The minimum absolute atomic E-state index is 0.209. The van der Waals surface area contributed by atoms with Gasteiger partial charge in [0.15, 0.2) is 0 Å². The van der Waals surface area contributed by atoms with Crippen molar-refractivity contribution in [3.63, 3.8) is 0 Å². The Balaban J connectivity index is 1.62. The van der Waals surface area contributed by atoms with E-state index in [-0.39, 0.29) is 5.91 Å². The molecule has 0 spiro atoms. The number of piperidine rings is 1. The molecule has 136 valence electrons. The lowest BCUT2D eigenvalue weighted by atomic mass is 9.89. The highest BCUT2D eigenvalue weighted by atomic mass is 16.2. The average Bonchev–Trinajstić information content (AvgIpc) is 3.09. The van der Waals surface area contributed by atoms with E-state index in [0.717, 1.165) is 31.6 Å². The normalized spacial score (nSPS) is 19.1. The van der Waals surface area contributed by atoms with Crippen molar-refractivity contribution in [2.24, 2.45) is 0 Å². The number of nitrogens with zero attached hydrogens (tertiary/aromatic N) is 4. The molecule has 2 aromatic rings. The molecule has 1 aliphatic carbocycles. The molecule has 1 fully saturated rings. The lowest BCUT2D eigenvalue weighted by Gasteiger charge is -2.44. The van der Waals surface area contributed by atoms with Crippen LogP contribution in [-0.4, -0.2) is 51.4 Å². The van der Waals surface area contributed by atoms with Crippen LogP contribution in [0.15, 0.2) is 42.9 Å². The van der Waals surface area contributed by atoms with E-state index in [1.54, 1.807) is 18.6 Å². The Morgan fingerprint density at radius 2 is 1.81 bits per heavy atom. The van der Waals surface area contributed by atoms with Crippen LogP contribution in [0.2, 0.25) is 0 Å². The molecule has 1 aromatic heterocycles. The smallest absolute Gasteiger partial charge is 0.243 e. The first-order valence-electron chi connectivity index (χ1n) is 9.51. The summed E-state index contributed by atoms with van der Waals surface area (Å²) in [7, 11) is 1.89. The van der Waals surface area contributed by atoms with Gasteiger partial charge in [-0.25, -0.2) is 0 Å². The van der Waals surface area contributed by atoms with Crippen molar-refractivity contribution in [2.75, 3.05) is 20.1 Å². The molecule has 2 aliphatic rings. The minimum atomic E-state index is -0.443. The number of carbonyl (C=O) groups excluding carboxylic acids is 1. The zero-order valence-corrected chi connectivity index (χ0v) is 15.4. The number of fused-ring (bicyclic) bond motifs is 1. The Hall–Kier alpha value is -2.27. The number of rotatable bonds is 4. The van der Waals surface area contributed by atoms with Crippen molar-refractivity contribution in [1.82, 2.24) is 19.8 Å². The van der Waals surface area contributed by atoms with Crippen molar-refractivity contribution in [3.8, 4) is 0 Å². The fraction of sp³-hybridized carbons (Fsp3) is 0.476. The Labute approximate surface area is 155 Å². The van der Waals surface area contributed by atoms with E-state index >= 15 is 0 Å². The van der Waals surface area contributed by atoms with Crippen molar-refractivity contribution < 1.29 is 4.79 Å². The van der Waals surface area contributed by atoms with E-state index in [1.165, 1.54) is 30.4 Å². The van der Waals surface area contributed by atoms with Gasteiger partial charge in [0, 0.05) is 32.3 Å². The maximum atomic E-state index is 13.7. The predicted molar refractivity (Wildman–Crippen MR) is 101 cm³/mol. The fourth-order valence-electron chi connectivity index (χ4n) is 4.51. The minimum Gasteiger partial charge on any atom is -0.338 e. The van der Waals surface area contributed by atoms with Gasteiger partial charge in [0.2, 0.25) is 5.91 Å². The second-order valence-corrected chi connectivity index (χ2v) is 7.56. The third kappa shape index (κ3) is 3.12. The molecule has 0 radical (unpaired) electrons. The summed E-state index contributed by atoms with van der Waals surface area (Å²) in [6.07, 6.45) is 10.3. The van der Waals surface area contributed by atoms with Crippen LogP contribution in [0.1, 0.15) is 36.1 Å². The van der Waals surface area contributed by atoms with Crippen molar-refractivity contribution >= 4 is 5.91 Å². The Kier molecular flexibility index (Phi) is 4.72. The third-order valence-electron chi connectivity index (χ3n) is 5.81. The molecular weight excluding hydrogens is 324 g/mol. The molecule has 2 heterocycles. The lowest BCUT2D eigenvalue weighted by Crippen LogP contribution is -2.61. The Morgan fingerprint density at radius 3 is 2.42 bits per heavy atom. The fourth-order valence-corrected chi connectivity index (χ4v) is 4.51. The highest BCUT2D eigenvalue weighted by molar-refractivity contribution is 5.88. The number of likely N-dealkylation sites (tertiary alicyclic amines) is 1. The summed E-state index contributed by atoms with van der Waals surface area (Å²) in [5.74, 6) is 0.209. The summed E-state index contributed by atoms with van der Waals surface area (Å²) < 4.78 is 0. The number of likely N-dealkylation sites (N-methyl/N-ethyl adjacent to an activating group) is 1. The van der Waals surface area contributed by atoms with Gasteiger partial charge in [0.25, 0.3) is 0 Å². The quantitative estimate of drug-likeness (QED) is 0.850. The van der Waals surface area contributed by atoms with Gasteiger partial charge < -0.3 is 4.90 Å². The van der Waals surface area contributed by atoms with Crippen LogP contribution >= 0.6 is 0 Å². The first-order chi connectivity index (χ1) is 12.7. The van der Waals surface area contributed by atoms with Gasteiger partial charge in [-0.15, -0.1) is 0 Å². The van der Waals surface area contributed by atoms with E-state index in [1.807, 2.05) is 11.9 Å². The summed E-state index contributed by atoms with van der Waals surface area (Å²) in [6, 6.07) is 8.52. The van der Waals surface area contributed by atoms with Crippen LogP contribution in [0, 0.1) is 0 Å². The van der Waals surface area contributed by atoms with Crippen molar-refractivity contribution in [3.05, 3.63) is 59.7 Å². The zero-order chi connectivity index (χ0) is 18.0. The molecule has 5 nitrogen and oxygen atoms in total. The molecule has 0 N–H and O–H groups in total. The molecule has 26 heavy (non-hydrogen) atoms. The number of hydrogen-bond donors (Lipinski definition) is 0. The third-order valence-corrected chi connectivity index (χ3v) is 5.81. The van der Waals surface area contributed by atoms with E-state index < -0.39 is 5.54 Å². The van der Waals surface area contributed by atoms with Crippen LogP contribution in [0.3, 0.4) is 0 Å². The van der Waals surface area contributed by atoms with Crippen LogP contribution < -0.4 is 0 Å². The van der Waals surface area contributed by atoms with Gasteiger partial charge in [-0.2, -0.15) is 0 Å². The molecule has 0 unspecified atom stereocenters. The molecule has 4 rings (SSSR count). The second kappa shape index (κ2) is 7.16. The molecule has 0 saturated carbocycles. The maximum Gasteiger partial charge on any atom is 0.243 e. The van der Waals surface area contributed by atoms with Crippen LogP contribution in [-0.2, 0) is 24.2 Å². The molecule has 1 aliphatic heterocycles. The summed E-state index contributed by atoms with van der Waals surface area (Å²) in [4.78, 5) is 26.4. The Morgan fingerprint density at radius 1 is 1.12 bits per heavy atom. The molecule has 0 atom stereocenters. The SMILES string of the molecule is CN(Cc1cnccn1)C(=O)C1(N2CCCCC2)Cc2ccccc2C1.